The minimum atomic E-state index is -3.12. The molecule has 0 bridgehead atoms. The number of sulfone groups is 1. The lowest BCUT2D eigenvalue weighted by molar-refractivity contribution is -0.138. The maximum atomic E-state index is 11.1. The van der Waals surface area contributed by atoms with Gasteiger partial charge in [0.2, 0.25) is 0 Å². The van der Waals surface area contributed by atoms with Crippen molar-refractivity contribution in [2.24, 2.45) is 0 Å². The second kappa shape index (κ2) is 6.31. The summed E-state index contributed by atoms with van der Waals surface area (Å²) >= 11 is 0. The van der Waals surface area contributed by atoms with E-state index < -0.39 is 27.9 Å². The maximum Gasteiger partial charge on any atom is 0.325 e. The molecule has 0 aromatic carbocycles. The summed E-state index contributed by atoms with van der Waals surface area (Å²) in [6.07, 6.45) is 0. The smallest absolute Gasteiger partial charge is 0.325 e. The minimum Gasteiger partial charge on any atom is -0.480 e. The van der Waals surface area contributed by atoms with Crippen LogP contribution in [0.25, 0.3) is 0 Å². The first-order valence-electron chi connectivity index (χ1n) is 4.76. The Morgan fingerprint density at radius 2 is 1.94 bits per heavy atom. The van der Waals surface area contributed by atoms with Crippen LogP contribution in [0.1, 0.15) is 13.8 Å². The highest BCUT2D eigenvalue weighted by Crippen LogP contribution is 1.87. The third-order valence-corrected chi connectivity index (χ3v) is 3.56. The standard InChI is InChI=1S/C8H16N2O5S/c1-3-16(14,15)5-4-9-8(13)10-6(2)7(11)12/h6H,3-5H2,1-2H3,(H,11,12)(H2,9,10,13)/t6-/m1/s1. The summed E-state index contributed by atoms with van der Waals surface area (Å²) in [5, 5.41) is 12.9. The lowest BCUT2D eigenvalue weighted by Crippen LogP contribution is -2.45. The van der Waals surface area contributed by atoms with Crippen molar-refractivity contribution >= 4 is 21.8 Å². The third-order valence-electron chi connectivity index (χ3n) is 1.86. The van der Waals surface area contributed by atoms with E-state index in [0.717, 1.165) is 0 Å². The number of urea groups is 1. The Morgan fingerprint density at radius 1 is 1.38 bits per heavy atom. The topological polar surface area (TPSA) is 113 Å². The van der Waals surface area contributed by atoms with Crippen molar-refractivity contribution in [2.75, 3.05) is 18.1 Å². The first-order chi connectivity index (χ1) is 7.28. The molecule has 16 heavy (non-hydrogen) atoms. The van der Waals surface area contributed by atoms with Gasteiger partial charge in [0.15, 0.2) is 9.84 Å². The first-order valence-corrected chi connectivity index (χ1v) is 6.58. The fraction of sp³-hybridized carbons (Fsp3) is 0.750. The average Bonchev–Trinajstić information content (AvgIpc) is 2.17. The molecule has 3 N–H and O–H groups in total. The number of carbonyl (C=O) groups is 2. The number of carbonyl (C=O) groups excluding carboxylic acids is 1. The fourth-order valence-electron chi connectivity index (χ4n) is 0.774. The molecular formula is C8H16N2O5S. The van der Waals surface area contributed by atoms with Crippen LogP contribution in [-0.2, 0) is 14.6 Å². The lowest BCUT2D eigenvalue weighted by atomic mass is 10.3. The molecule has 8 heteroatoms. The van der Waals surface area contributed by atoms with Crippen LogP contribution in [0.15, 0.2) is 0 Å². The number of carboxylic acid groups (broad SMARTS) is 1. The summed E-state index contributed by atoms with van der Waals surface area (Å²) < 4.78 is 22.1. The molecule has 0 aliphatic rings. The zero-order valence-electron chi connectivity index (χ0n) is 9.19. The van der Waals surface area contributed by atoms with Crippen molar-refractivity contribution in [1.29, 1.82) is 0 Å². The summed E-state index contributed by atoms with van der Waals surface area (Å²) in [5.74, 6) is -1.29. The maximum absolute atomic E-state index is 11.1. The van der Waals surface area contributed by atoms with Crippen molar-refractivity contribution in [3.8, 4) is 0 Å². The summed E-state index contributed by atoms with van der Waals surface area (Å²) in [4.78, 5) is 21.4. The zero-order chi connectivity index (χ0) is 12.8. The van der Waals surface area contributed by atoms with E-state index in [2.05, 4.69) is 10.6 Å². The van der Waals surface area contributed by atoms with E-state index in [4.69, 9.17) is 5.11 Å². The molecule has 0 aromatic rings. The van der Waals surface area contributed by atoms with Crippen LogP contribution < -0.4 is 10.6 Å². The van der Waals surface area contributed by atoms with Gasteiger partial charge >= 0.3 is 12.0 Å². The largest absolute Gasteiger partial charge is 0.480 e. The summed E-state index contributed by atoms with van der Waals surface area (Å²) in [6, 6.07) is -1.70. The Hall–Kier alpha value is -1.31. The molecule has 0 saturated heterocycles. The Kier molecular flexibility index (Phi) is 5.79. The average molecular weight is 252 g/mol. The Morgan fingerprint density at radius 3 is 2.38 bits per heavy atom. The van der Waals surface area contributed by atoms with E-state index in [1.54, 1.807) is 0 Å². The van der Waals surface area contributed by atoms with Crippen molar-refractivity contribution in [1.82, 2.24) is 10.6 Å². The van der Waals surface area contributed by atoms with Gasteiger partial charge in [-0.1, -0.05) is 6.92 Å². The molecule has 1 atom stereocenters. The van der Waals surface area contributed by atoms with E-state index in [9.17, 15) is 18.0 Å². The van der Waals surface area contributed by atoms with E-state index in [1.807, 2.05) is 0 Å². The SMILES string of the molecule is CCS(=O)(=O)CCNC(=O)N[C@H](C)C(=O)O. The predicted octanol–water partition coefficient (Wildman–Crippen LogP) is -0.807. The number of rotatable bonds is 6. The molecule has 0 aliphatic carbocycles. The number of nitrogens with one attached hydrogen (secondary N) is 2. The lowest BCUT2D eigenvalue weighted by Gasteiger charge is -2.10. The van der Waals surface area contributed by atoms with Crippen LogP contribution in [0.4, 0.5) is 4.79 Å². The summed E-state index contributed by atoms with van der Waals surface area (Å²) in [7, 11) is -3.12. The van der Waals surface area contributed by atoms with Crippen LogP contribution in [0.5, 0.6) is 0 Å². The van der Waals surface area contributed by atoms with Crippen LogP contribution in [-0.4, -0.2) is 49.6 Å². The molecule has 0 heterocycles. The third kappa shape index (κ3) is 6.23. The van der Waals surface area contributed by atoms with Crippen LogP contribution >= 0.6 is 0 Å². The van der Waals surface area contributed by atoms with Gasteiger partial charge in [0.25, 0.3) is 0 Å². The van der Waals surface area contributed by atoms with Gasteiger partial charge in [-0.3, -0.25) is 4.79 Å². The second-order valence-corrected chi connectivity index (χ2v) is 5.67. The van der Waals surface area contributed by atoms with Gasteiger partial charge in [0, 0.05) is 12.3 Å². The highest BCUT2D eigenvalue weighted by molar-refractivity contribution is 7.91. The number of carboxylic acids is 1. The Labute approximate surface area is 94.1 Å². The molecule has 7 nitrogen and oxygen atoms in total. The molecule has 0 radical (unpaired) electrons. The number of hydrogen-bond acceptors (Lipinski definition) is 4. The first kappa shape index (κ1) is 14.7. The molecule has 0 fully saturated rings. The predicted molar refractivity (Wildman–Crippen MR) is 58.0 cm³/mol. The van der Waals surface area contributed by atoms with Gasteiger partial charge in [0.1, 0.15) is 6.04 Å². The van der Waals surface area contributed by atoms with E-state index in [-0.39, 0.29) is 18.1 Å². The van der Waals surface area contributed by atoms with Crippen LogP contribution in [0.2, 0.25) is 0 Å². The molecule has 0 aromatic heterocycles. The van der Waals surface area contributed by atoms with Gasteiger partial charge in [-0.25, -0.2) is 13.2 Å². The van der Waals surface area contributed by atoms with Gasteiger partial charge in [0.05, 0.1) is 5.75 Å². The molecule has 2 amide bonds. The Balaban J connectivity index is 3.88. The molecular weight excluding hydrogens is 236 g/mol. The highest BCUT2D eigenvalue weighted by Gasteiger charge is 2.14. The monoisotopic (exact) mass is 252 g/mol. The van der Waals surface area contributed by atoms with Gasteiger partial charge in [-0.15, -0.1) is 0 Å². The van der Waals surface area contributed by atoms with Crippen molar-refractivity contribution in [2.45, 2.75) is 19.9 Å². The van der Waals surface area contributed by atoms with Gasteiger partial charge < -0.3 is 15.7 Å². The zero-order valence-corrected chi connectivity index (χ0v) is 10.0. The van der Waals surface area contributed by atoms with E-state index >= 15 is 0 Å². The highest BCUT2D eigenvalue weighted by atomic mass is 32.2. The normalized spacial score (nSPS) is 12.9. The fourth-order valence-corrected chi connectivity index (χ4v) is 1.48. The second-order valence-electron chi connectivity index (χ2n) is 3.20. The molecule has 94 valence electrons. The molecule has 0 spiro atoms. The summed E-state index contributed by atoms with van der Waals surface area (Å²) in [6.45, 7) is 2.79. The van der Waals surface area contributed by atoms with E-state index in [1.165, 1.54) is 13.8 Å². The summed E-state index contributed by atoms with van der Waals surface area (Å²) in [5.41, 5.74) is 0. The number of aliphatic carboxylic acids is 1. The minimum absolute atomic E-state index is 0.0157. The van der Waals surface area contributed by atoms with Crippen molar-refractivity contribution < 1.29 is 23.1 Å². The van der Waals surface area contributed by atoms with Gasteiger partial charge in [-0.05, 0) is 6.92 Å². The van der Waals surface area contributed by atoms with E-state index in [0.29, 0.717) is 0 Å². The van der Waals surface area contributed by atoms with Crippen molar-refractivity contribution in [3.63, 3.8) is 0 Å². The molecule has 0 rings (SSSR count). The molecule has 0 aliphatic heterocycles. The van der Waals surface area contributed by atoms with Gasteiger partial charge in [-0.2, -0.15) is 0 Å². The number of amides is 2. The quantitative estimate of drug-likeness (QED) is 0.572. The molecule has 0 unspecified atom stereocenters. The molecule has 0 saturated carbocycles. The van der Waals surface area contributed by atoms with Crippen molar-refractivity contribution in [3.05, 3.63) is 0 Å². The Bertz CT molecular complexity index is 351. The van der Waals surface area contributed by atoms with Crippen LogP contribution in [0, 0.1) is 0 Å². The van der Waals surface area contributed by atoms with Crippen LogP contribution in [0.3, 0.4) is 0 Å². The number of hydrogen-bond donors (Lipinski definition) is 3.